The van der Waals surface area contributed by atoms with Gasteiger partial charge in [-0.25, -0.2) is 4.98 Å². The normalized spacial score (nSPS) is 14.2. The summed E-state index contributed by atoms with van der Waals surface area (Å²) in [5.41, 5.74) is 3.80. The van der Waals surface area contributed by atoms with Crippen LogP contribution in [0.2, 0.25) is 0 Å². The van der Waals surface area contributed by atoms with Crippen molar-refractivity contribution in [2.24, 2.45) is 0 Å². The first-order valence-electron chi connectivity index (χ1n) is 7.82. The maximum absolute atomic E-state index is 12.7. The van der Waals surface area contributed by atoms with Gasteiger partial charge in [0.05, 0.1) is 7.11 Å². The van der Waals surface area contributed by atoms with Gasteiger partial charge in [0.2, 0.25) is 5.88 Å². The highest BCUT2D eigenvalue weighted by Gasteiger charge is 2.33. The minimum Gasteiger partial charge on any atom is -0.481 e. The zero-order valence-electron chi connectivity index (χ0n) is 13.5. The molecule has 128 valence electrons. The largest absolute Gasteiger partial charge is 0.573 e. The lowest BCUT2D eigenvalue weighted by molar-refractivity contribution is -0.274. The van der Waals surface area contributed by atoms with Crippen molar-refractivity contribution in [3.05, 3.63) is 41.1 Å². The van der Waals surface area contributed by atoms with Crippen molar-refractivity contribution in [1.82, 2.24) is 4.98 Å². The molecule has 0 amide bonds. The van der Waals surface area contributed by atoms with Crippen molar-refractivity contribution in [1.29, 1.82) is 0 Å². The van der Waals surface area contributed by atoms with Crippen molar-refractivity contribution in [2.75, 3.05) is 7.11 Å². The molecule has 3 rings (SSSR count). The van der Waals surface area contributed by atoms with E-state index in [4.69, 9.17) is 4.74 Å². The number of benzene rings is 1. The summed E-state index contributed by atoms with van der Waals surface area (Å²) in [6.07, 6.45) is -1.10. The van der Waals surface area contributed by atoms with Crippen LogP contribution in [0.4, 0.5) is 13.2 Å². The molecule has 0 saturated heterocycles. The van der Waals surface area contributed by atoms with Gasteiger partial charge in [0, 0.05) is 22.4 Å². The molecular weight excluding hydrogens is 319 g/mol. The Morgan fingerprint density at radius 3 is 2.38 bits per heavy atom. The van der Waals surface area contributed by atoms with Gasteiger partial charge >= 0.3 is 6.36 Å². The van der Waals surface area contributed by atoms with Crippen molar-refractivity contribution in [2.45, 2.75) is 39.0 Å². The summed E-state index contributed by atoms with van der Waals surface area (Å²) in [6, 6.07) is 6.22. The zero-order valence-corrected chi connectivity index (χ0v) is 13.5. The van der Waals surface area contributed by atoms with Gasteiger partial charge in [-0.3, -0.25) is 0 Å². The first-order valence-corrected chi connectivity index (χ1v) is 7.82. The Labute approximate surface area is 138 Å². The first-order chi connectivity index (χ1) is 11.4. The molecule has 0 bridgehead atoms. The highest BCUT2D eigenvalue weighted by Crippen LogP contribution is 2.42. The van der Waals surface area contributed by atoms with Crippen molar-refractivity contribution in [3.63, 3.8) is 0 Å². The molecule has 1 aromatic carbocycles. The molecule has 0 fully saturated rings. The standard InChI is InChI=1S/C18H18F3NO2/c1-11-16(12-7-3-4-8-13(12)17(22-11)23-2)14-9-5-6-10-15(14)24-18(19,20)21/h5-6,9-10H,3-4,7-8H2,1-2H3. The molecule has 0 unspecified atom stereocenters. The van der Waals surface area contributed by atoms with Gasteiger partial charge < -0.3 is 9.47 Å². The Bertz CT molecular complexity index is 757. The van der Waals surface area contributed by atoms with E-state index in [-0.39, 0.29) is 5.75 Å². The highest BCUT2D eigenvalue weighted by molar-refractivity contribution is 5.77. The number of pyridine rings is 1. The molecule has 6 heteroatoms. The Kier molecular flexibility index (Phi) is 4.39. The summed E-state index contributed by atoms with van der Waals surface area (Å²) in [5, 5.41) is 0. The van der Waals surface area contributed by atoms with E-state index < -0.39 is 6.36 Å². The molecule has 3 nitrogen and oxygen atoms in total. The lowest BCUT2D eigenvalue weighted by atomic mass is 9.85. The van der Waals surface area contributed by atoms with Gasteiger partial charge in [-0.15, -0.1) is 13.2 Å². The van der Waals surface area contributed by atoms with E-state index in [2.05, 4.69) is 9.72 Å². The number of fused-ring (bicyclic) bond motifs is 1. The van der Waals surface area contributed by atoms with Crippen molar-refractivity contribution in [3.8, 4) is 22.8 Å². The van der Waals surface area contributed by atoms with Crippen LogP contribution in [0.1, 0.15) is 29.7 Å². The number of hydrogen-bond acceptors (Lipinski definition) is 3. The maximum Gasteiger partial charge on any atom is 0.573 e. The van der Waals surface area contributed by atoms with Crippen LogP contribution in [-0.2, 0) is 12.8 Å². The Morgan fingerprint density at radius 2 is 1.71 bits per heavy atom. The van der Waals surface area contributed by atoms with Crippen LogP contribution in [-0.4, -0.2) is 18.5 Å². The van der Waals surface area contributed by atoms with Gasteiger partial charge in [-0.05, 0) is 44.2 Å². The lowest BCUT2D eigenvalue weighted by Crippen LogP contribution is -2.18. The summed E-state index contributed by atoms with van der Waals surface area (Å²) < 4.78 is 47.8. The Morgan fingerprint density at radius 1 is 1.04 bits per heavy atom. The van der Waals surface area contributed by atoms with Gasteiger partial charge in [-0.2, -0.15) is 0 Å². The van der Waals surface area contributed by atoms with Gasteiger partial charge in [0.25, 0.3) is 0 Å². The van der Waals surface area contributed by atoms with E-state index >= 15 is 0 Å². The summed E-state index contributed by atoms with van der Waals surface area (Å²) in [6.45, 7) is 1.79. The number of ether oxygens (including phenoxy) is 2. The fourth-order valence-corrected chi connectivity index (χ4v) is 3.32. The van der Waals surface area contributed by atoms with E-state index in [9.17, 15) is 13.2 Å². The van der Waals surface area contributed by atoms with Crippen LogP contribution in [0, 0.1) is 6.92 Å². The predicted octanol–water partition coefficient (Wildman–Crippen LogP) is 4.84. The highest BCUT2D eigenvalue weighted by atomic mass is 19.4. The SMILES string of the molecule is COc1nc(C)c(-c2ccccc2OC(F)(F)F)c2c1CCCC2. The topological polar surface area (TPSA) is 31.4 Å². The van der Waals surface area contributed by atoms with E-state index in [1.807, 2.05) is 0 Å². The lowest BCUT2D eigenvalue weighted by Gasteiger charge is -2.24. The van der Waals surface area contributed by atoms with Crippen molar-refractivity contribution >= 4 is 0 Å². The van der Waals surface area contributed by atoms with Crippen molar-refractivity contribution < 1.29 is 22.6 Å². The molecular formula is C18H18F3NO2. The molecule has 0 radical (unpaired) electrons. The molecule has 0 N–H and O–H groups in total. The smallest absolute Gasteiger partial charge is 0.481 e. The molecule has 1 aliphatic carbocycles. The van der Waals surface area contributed by atoms with Crippen LogP contribution in [0.15, 0.2) is 24.3 Å². The van der Waals surface area contributed by atoms with Crippen LogP contribution in [0.5, 0.6) is 11.6 Å². The summed E-state index contributed by atoms with van der Waals surface area (Å²) in [4.78, 5) is 4.46. The van der Waals surface area contributed by atoms with E-state index in [0.717, 1.165) is 42.4 Å². The molecule has 1 heterocycles. The third-order valence-electron chi connectivity index (χ3n) is 4.23. The quantitative estimate of drug-likeness (QED) is 0.803. The molecule has 24 heavy (non-hydrogen) atoms. The van der Waals surface area contributed by atoms with Gasteiger partial charge in [0.1, 0.15) is 5.75 Å². The molecule has 0 atom stereocenters. The van der Waals surface area contributed by atoms with Gasteiger partial charge in [-0.1, -0.05) is 18.2 Å². The number of alkyl halides is 3. The van der Waals surface area contributed by atoms with Crippen LogP contribution in [0.3, 0.4) is 0 Å². The van der Waals surface area contributed by atoms with E-state index in [1.54, 1.807) is 26.2 Å². The molecule has 1 aliphatic rings. The zero-order chi connectivity index (χ0) is 17.3. The van der Waals surface area contributed by atoms with Crippen LogP contribution < -0.4 is 9.47 Å². The first kappa shape index (κ1) is 16.6. The minimum absolute atomic E-state index is 0.201. The molecule has 0 spiro atoms. The number of halogens is 3. The molecule has 0 aliphatic heterocycles. The monoisotopic (exact) mass is 337 g/mol. The average Bonchev–Trinajstić information content (AvgIpc) is 2.54. The average molecular weight is 337 g/mol. The summed E-state index contributed by atoms with van der Waals surface area (Å²) in [7, 11) is 1.57. The summed E-state index contributed by atoms with van der Waals surface area (Å²) in [5.74, 6) is 0.369. The Hall–Kier alpha value is -2.24. The summed E-state index contributed by atoms with van der Waals surface area (Å²) >= 11 is 0. The number of rotatable bonds is 3. The molecule has 0 saturated carbocycles. The minimum atomic E-state index is -4.73. The number of hydrogen-bond donors (Lipinski definition) is 0. The second-order valence-electron chi connectivity index (χ2n) is 5.79. The molecule has 2 aromatic rings. The van der Waals surface area contributed by atoms with Crippen LogP contribution in [0.25, 0.3) is 11.1 Å². The van der Waals surface area contributed by atoms with E-state index in [1.165, 1.54) is 12.1 Å². The number of methoxy groups -OCH3 is 1. The fraction of sp³-hybridized carbons (Fsp3) is 0.389. The number of nitrogens with zero attached hydrogens (tertiary/aromatic N) is 1. The third-order valence-corrected chi connectivity index (χ3v) is 4.23. The fourth-order valence-electron chi connectivity index (χ4n) is 3.32. The predicted molar refractivity (Wildman–Crippen MR) is 84.3 cm³/mol. The number of aryl methyl sites for hydroxylation is 1. The van der Waals surface area contributed by atoms with Gasteiger partial charge in [0.15, 0.2) is 0 Å². The second kappa shape index (κ2) is 6.34. The number of para-hydroxylation sites is 1. The second-order valence-corrected chi connectivity index (χ2v) is 5.79. The molecule has 1 aromatic heterocycles. The maximum atomic E-state index is 12.7. The Balaban J connectivity index is 2.21. The van der Waals surface area contributed by atoms with Crippen LogP contribution >= 0.6 is 0 Å². The van der Waals surface area contributed by atoms with E-state index in [0.29, 0.717) is 17.1 Å². The third kappa shape index (κ3) is 3.18. The number of aromatic nitrogens is 1.